The Morgan fingerprint density at radius 1 is 1.05 bits per heavy atom. The first-order chi connectivity index (χ1) is 20.7. The van der Waals surface area contributed by atoms with E-state index in [1.807, 2.05) is 38.1 Å². The van der Waals surface area contributed by atoms with E-state index in [0.717, 1.165) is 22.5 Å². The second-order valence-corrected chi connectivity index (χ2v) is 11.0. The molecule has 2 aromatic carbocycles. The van der Waals surface area contributed by atoms with Crippen LogP contribution in [-0.4, -0.2) is 45.7 Å². The summed E-state index contributed by atoms with van der Waals surface area (Å²) in [5.41, 5.74) is 3.06. The smallest absolute Gasteiger partial charge is 0.242 e. The molecular weight excluding hydrogens is 550 g/mol. The number of aryl methyl sites for hydroxylation is 1. The largest absolute Gasteiger partial charge is 0.493 e. The molecule has 3 N–H and O–H groups in total. The molecule has 0 saturated carbocycles. The van der Waals surface area contributed by atoms with Crippen molar-refractivity contribution in [2.75, 3.05) is 33.2 Å². The van der Waals surface area contributed by atoms with E-state index >= 15 is 0 Å². The molecule has 10 nitrogen and oxygen atoms in total. The molecule has 43 heavy (non-hydrogen) atoms. The molecular formula is C33H41N3O7. The summed E-state index contributed by atoms with van der Waals surface area (Å²) in [6, 6.07) is 9.60. The zero-order valence-corrected chi connectivity index (χ0v) is 25.7. The Kier molecular flexibility index (Phi) is 10.3. The highest BCUT2D eigenvalue weighted by atomic mass is 16.5. The Morgan fingerprint density at radius 3 is 2.44 bits per heavy atom. The van der Waals surface area contributed by atoms with Gasteiger partial charge in [0.25, 0.3) is 0 Å². The van der Waals surface area contributed by atoms with Gasteiger partial charge in [-0.05, 0) is 72.2 Å². The minimum atomic E-state index is -0.635. The Labute approximate surface area is 252 Å². The van der Waals surface area contributed by atoms with Crippen molar-refractivity contribution in [1.29, 1.82) is 0 Å². The highest BCUT2D eigenvalue weighted by molar-refractivity contribution is 5.86. The molecule has 3 aromatic rings. The zero-order chi connectivity index (χ0) is 31.1. The Bertz CT molecular complexity index is 1500. The normalized spacial score (nSPS) is 14.5. The van der Waals surface area contributed by atoms with Crippen LogP contribution in [0.2, 0.25) is 0 Å². The molecule has 1 aromatic heterocycles. The number of furan rings is 1. The van der Waals surface area contributed by atoms with Crippen molar-refractivity contribution in [2.45, 2.75) is 58.5 Å². The number of methoxy groups -OCH3 is 3. The van der Waals surface area contributed by atoms with E-state index < -0.39 is 12.1 Å². The van der Waals surface area contributed by atoms with Crippen molar-refractivity contribution in [3.8, 4) is 28.4 Å². The maximum Gasteiger partial charge on any atom is 0.242 e. The molecule has 2 unspecified atom stereocenters. The van der Waals surface area contributed by atoms with Crippen molar-refractivity contribution in [1.82, 2.24) is 10.6 Å². The number of hydrogen-bond acceptors (Lipinski definition) is 8. The van der Waals surface area contributed by atoms with E-state index in [0.29, 0.717) is 55.0 Å². The number of hydrogen-bond donors (Lipinski definition) is 3. The van der Waals surface area contributed by atoms with Crippen LogP contribution in [0.4, 0.5) is 5.69 Å². The molecule has 0 aliphatic heterocycles. The summed E-state index contributed by atoms with van der Waals surface area (Å²) in [6.07, 6.45) is 3.84. The number of benzene rings is 1. The fourth-order valence-corrected chi connectivity index (χ4v) is 5.60. The quantitative estimate of drug-likeness (QED) is 0.278. The molecule has 2 amide bonds. The van der Waals surface area contributed by atoms with Gasteiger partial charge in [0.05, 0.1) is 39.3 Å². The van der Waals surface area contributed by atoms with Crippen LogP contribution in [0.15, 0.2) is 51.9 Å². The Hall–Kier alpha value is -4.47. The number of fused-ring (bicyclic) bond motifs is 3. The maximum atomic E-state index is 13.7. The molecule has 1 heterocycles. The lowest BCUT2D eigenvalue weighted by Crippen LogP contribution is -2.42. The van der Waals surface area contributed by atoms with Gasteiger partial charge < -0.3 is 34.6 Å². The van der Waals surface area contributed by atoms with Gasteiger partial charge in [-0.3, -0.25) is 14.4 Å². The van der Waals surface area contributed by atoms with Crippen LogP contribution in [0.25, 0.3) is 11.1 Å². The van der Waals surface area contributed by atoms with Gasteiger partial charge in [0.15, 0.2) is 11.5 Å². The minimum absolute atomic E-state index is 0.195. The number of rotatable bonds is 12. The lowest BCUT2D eigenvalue weighted by Gasteiger charge is -2.20. The molecule has 2 atom stereocenters. The maximum absolute atomic E-state index is 13.7. The van der Waals surface area contributed by atoms with E-state index in [9.17, 15) is 14.4 Å². The number of ether oxygens (including phenoxy) is 3. The third-order valence-corrected chi connectivity index (χ3v) is 7.52. The second-order valence-electron chi connectivity index (χ2n) is 11.0. The summed E-state index contributed by atoms with van der Waals surface area (Å²) in [7, 11) is 4.67. The first-order valence-corrected chi connectivity index (χ1v) is 14.5. The minimum Gasteiger partial charge on any atom is -0.493 e. The average Bonchev–Trinajstić information content (AvgIpc) is 3.39. The molecule has 0 radical (unpaired) electrons. The summed E-state index contributed by atoms with van der Waals surface area (Å²) >= 11 is 0. The summed E-state index contributed by atoms with van der Waals surface area (Å²) in [6.45, 7) is 5.92. The average molecular weight is 592 g/mol. The molecule has 4 rings (SSSR count). The van der Waals surface area contributed by atoms with Crippen molar-refractivity contribution < 1.29 is 28.2 Å². The van der Waals surface area contributed by atoms with Crippen LogP contribution in [0.5, 0.6) is 17.2 Å². The molecule has 0 saturated heterocycles. The number of anilines is 1. The van der Waals surface area contributed by atoms with Gasteiger partial charge in [-0.2, -0.15) is 0 Å². The Morgan fingerprint density at radius 2 is 1.81 bits per heavy atom. The topological polar surface area (TPSA) is 128 Å². The lowest BCUT2D eigenvalue weighted by molar-refractivity contribution is -0.122. The van der Waals surface area contributed by atoms with Crippen LogP contribution in [0, 0.1) is 5.92 Å². The van der Waals surface area contributed by atoms with E-state index in [2.05, 4.69) is 16.0 Å². The fourth-order valence-electron chi connectivity index (χ4n) is 5.60. The third-order valence-electron chi connectivity index (χ3n) is 7.52. The SMILES string of the molecule is COc1cc2c(c(OC)c1OC)-c1ccc(NC(CC(C)C)C(=O)NCCc3ccco3)c(=O)cc1C(NC(C)=O)CC2. The van der Waals surface area contributed by atoms with E-state index in [-0.39, 0.29) is 28.8 Å². The number of carbonyl (C=O) groups excluding carboxylic acids is 2. The highest BCUT2D eigenvalue weighted by Crippen LogP contribution is 2.50. The lowest BCUT2D eigenvalue weighted by atomic mass is 9.95. The molecule has 0 bridgehead atoms. The summed E-state index contributed by atoms with van der Waals surface area (Å²) in [4.78, 5) is 39.2. The first kappa shape index (κ1) is 31.5. The summed E-state index contributed by atoms with van der Waals surface area (Å²) in [5, 5.41) is 9.20. The van der Waals surface area contributed by atoms with Gasteiger partial charge in [0.2, 0.25) is 23.0 Å². The highest BCUT2D eigenvalue weighted by Gasteiger charge is 2.30. The van der Waals surface area contributed by atoms with Crippen LogP contribution in [-0.2, 0) is 22.4 Å². The van der Waals surface area contributed by atoms with Crippen molar-refractivity contribution in [2.24, 2.45) is 5.92 Å². The van der Waals surface area contributed by atoms with Crippen molar-refractivity contribution in [3.05, 3.63) is 69.8 Å². The van der Waals surface area contributed by atoms with Gasteiger partial charge in [0.1, 0.15) is 11.8 Å². The van der Waals surface area contributed by atoms with Gasteiger partial charge >= 0.3 is 0 Å². The van der Waals surface area contributed by atoms with Crippen LogP contribution in [0.1, 0.15) is 56.5 Å². The van der Waals surface area contributed by atoms with E-state index in [1.54, 1.807) is 39.7 Å². The summed E-state index contributed by atoms with van der Waals surface area (Å²) < 4.78 is 22.5. The number of carbonyl (C=O) groups is 2. The third kappa shape index (κ3) is 7.31. The van der Waals surface area contributed by atoms with Gasteiger partial charge in [-0.15, -0.1) is 0 Å². The molecule has 1 aliphatic carbocycles. The monoisotopic (exact) mass is 591 g/mol. The van der Waals surface area contributed by atoms with Crippen LogP contribution < -0.4 is 35.6 Å². The van der Waals surface area contributed by atoms with Gasteiger partial charge in [-0.1, -0.05) is 19.9 Å². The van der Waals surface area contributed by atoms with Crippen molar-refractivity contribution in [3.63, 3.8) is 0 Å². The molecule has 10 heteroatoms. The first-order valence-electron chi connectivity index (χ1n) is 14.5. The molecule has 230 valence electrons. The predicted molar refractivity (Wildman–Crippen MR) is 165 cm³/mol. The fraction of sp³-hybridized carbons (Fsp3) is 0.424. The Balaban J connectivity index is 1.78. The predicted octanol–water partition coefficient (Wildman–Crippen LogP) is 4.64. The van der Waals surface area contributed by atoms with E-state index in [1.165, 1.54) is 6.92 Å². The van der Waals surface area contributed by atoms with Crippen LogP contribution in [0.3, 0.4) is 0 Å². The van der Waals surface area contributed by atoms with Gasteiger partial charge in [0, 0.05) is 25.5 Å². The molecule has 0 spiro atoms. The molecule has 1 aliphatic rings. The number of nitrogens with one attached hydrogen (secondary N) is 3. The molecule has 0 fully saturated rings. The van der Waals surface area contributed by atoms with Crippen LogP contribution >= 0.6 is 0 Å². The van der Waals surface area contributed by atoms with Gasteiger partial charge in [-0.25, -0.2) is 0 Å². The number of amides is 2. The van der Waals surface area contributed by atoms with Crippen molar-refractivity contribution >= 4 is 17.5 Å². The zero-order valence-electron chi connectivity index (χ0n) is 25.7. The standard InChI is InChI=1S/C33H41N3O7/c1-19(2)16-27(33(39)34-14-13-22-8-7-15-43-22)36-26-12-10-23-24(18-28(26)38)25(35-20(3)37)11-9-21-17-29(40-4)31(41-5)32(42-6)30(21)23/h7-8,10,12,15,17-19,25,27H,9,11,13-14,16H2,1-6H3,(H,34,39)(H,35,37)(H,36,38). The van der Waals surface area contributed by atoms with E-state index in [4.69, 9.17) is 18.6 Å². The summed E-state index contributed by atoms with van der Waals surface area (Å²) in [5.74, 6) is 2.01. The second kappa shape index (κ2) is 14.1.